The molecule has 2 heterocycles. The van der Waals surface area contributed by atoms with E-state index in [2.05, 4.69) is 10.8 Å². The standard InChI is InChI=1S/C19H25NO4.C13H19O5P.C10H17NO3/c1-19(2,3)24-18(22)20-11-9-15(10-12-20)13-14-5-7-16(8-6-14)17(21)23-4;1-4-17-19(15,18-5-2)10-11-6-8-12(9-7-11)13(14)16-3;1-10(2,3)14-9(13)11-6-4-8(12)5-7-11/h5-8,13H,9-12H2,1-4H3;6-9H,4-5,10H2,1-3H3;4-7H2,1-3H3. The van der Waals surface area contributed by atoms with Gasteiger partial charge in [-0.2, -0.15) is 0 Å². The van der Waals surface area contributed by atoms with Crippen LogP contribution in [-0.4, -0.2) is 105 Å². The van der Waals surface area contributed by atoms with E-state index >= 15 is 0 Å². The van der Waals surface area contributed by atoms with Gasteiger partial charge in [0, 0.05) is 39.0 Å². The van der Waals surface area contributed by atoms with Crippen molar-refractivity contribution in [3.8, 4) is 0 Å². The maximum Gasteiger partial charge on any atom is 0.410 e. The van der Waals surface area contributed by atoms with Crippen LogP contribution in [0.2, 0.25) is 0 Å². The molecule has 0 unspecified atom stereocenters. The van der Waals surface area contributed by atoms with Gasteiger partial charge in [0.2, 0.25) is 0 Å². The highest BCUT2D eigenvalue weighted by Crippen LogP contribution is 2.51. The predicted octanol–water partition coefficient (Wildman–Crippen LogP) is 8.71. The smallest absolute Gasteiger partial charge is 0.410 e. The summed E-state index contributed by atoms with van der Waals surface area (Å²) in [6, 6.07) is 14.0. The summed E-state index contributed by atoms with van der Waals surface area (Å²) in [6.45, 7) is 17.6. The van der Waals surface area contributed by atoms with Crippen LogP contribution in [0.3, 0.4) is 0 Å². The summed E-state index contributed by atoms with van der Waals surface area (Å²) in [5.41, 5.74) is 3.20. The Labute approximate surface area is 337 Å². The molecule has 2 saturated heterocycles. The second kappa shape index (κ2) is 23.0. The third-order valence-electron chi connectivity index (χ3n) is 8.14. The van der Waals surface area contributed by atoms with Gasteiger partial charge in [-0.3, -0.25) is 9.36 Å². The third-order valence-corrected chi connectivity index (χ3v) is 10.2. The Morgan fingerprint density at radius 3 is 1.40 bits per heavy atom. The van der Waals surface area contributed by atoms with E-state index < -0.39 is 24.8 Å². The van der Waals surface area contributed by atoms with E-state index in [0.29, 0.717) is 63.4 Å². The van der Waals surface area contributed by atoms with Crippen LogP contribution in [0.25, 0.3) is 6.08 Å². The molecule has 0 bridgehead atoms. The first-order chi connectivity index (χ1) is 26.7. The molecule has 2 aliphatic rings. The van der Waals surface area contributed by atoms with E-state index in [1.165, 1.54) is 19.8 Å². The normalized spacial score (nSPS) is 14.6. The lowest BCUT2D eigenvalue weighted by molar-refractivity contribution is -0.121. The number of rotatable bonds is 9. The van der Waals surface area contributed by atoms with Gasteiger partial charge in [0.05, 0.1) is 44.7 Å². The molecule has 15 heteroatoms. The summed E-state index contributed by atoms with van der Waals surface area (Å²) >= 11 is 0. The number of esters is 2. The van der Waals surface area contributed by atoms with E-state index in [0.717, 1.165) is 24.0 Å². The molecule has 14 nitrogen and oxygen atoms in total. The summed E-state index contributed by atoms with van der Waals surface area (Å²) in [6.07, 6.45) is 4.33. The van der Waals surface area contributed by atoms with Crippen molar-refractivity contribution in [1.82, 2.24) is 9.80 Å². The van der Waals surface area contributed by atoms with Crippen LogP contribution in [0.4, 0.5) is 9.59 Å². The molecule has 0 aliphatic carbocycles. The minimum Gasteiger partial charge on any atom is -0.465 e. The van der Waals surface area contributed by atoms with Crippen LogP contribution in [0.5, 0.6) is 0 Å². The predicted molar refractivity (Wildman–Crippen MR) is 217 cm³/mol. The van der Waals surface area contributed by atoms with Crippen LogP contribution in [-0.2, 0) is 43.5 Å². The Morgan fingerprint density at radius 1 is 0.649 bits per heavy atom. The Morgan fingerprint density at radius 2 is 1.04 bits per heavy atom. The number of hydrogen-bond donors (Lipinski definition) is 0. The molecule has 0 radical (unpaired) electrons. The second-order valence-electron chi connectivity index (χ2n) is 15.2. The van der Waals surface area contributed by atoms with Gasteiger partial charge in [-0.1, -0.05) is 35.9 Å². The zero-order valence-corrected chi connectivity index (χ0v) is 36.1. The number of nitrogens with zero attached hydrogens (tertiary/aromatic N) is 2. The van der Waals surface area contributed by atoms with Crippen LogP contribution in [0.1, 0.15) is 113 Å². The summed E-state index contributed by atoms with van der Waals surface area (Å²) in [5.74, 6) is -0.506. The zero-order chi connectivity index (χ0) is 42.8. The number of benzene rings is 2. The lowest BCUT2D eigenvalue weighted by Gasteiger charge is -2.31. The number of hydrogen-bond acceptors (Lipinski definition) is 12. The summed E-state index contributed by atoms with van der Waals surface area (Å²) < 4.78 is 42.6. The monoisotopic (exact) mass is 816 g/mol. The molecule has 2 amide bonds. The number of carbonyl (C=O) groups excluding carboxylic acids is 5. The molecule has 0 spiro atoms. The maximum atomic E-state index is 12.3. The molecule has 0 atom stereocenters. The van der Waals surface area contributed by atoms with Gasteiger partial charge in [0.15, 0.2) is 0 Å². The number of piperidine rings is 2. The van der Waals surface area contributed by atoms with Gasteiger partial charge in [-0.25, -0.2) is 19.2 Å². The fourth-order valence-electron chi connectivity index (χ4n) is 5.39. The molecule has 2 aliphatic heterocycles. The van der Waals surface area contributed by atoms with Crippen molar-refractivity contribution in [3.63, 3.8) is 0 Å². The quantitative estimate of drug-likeness (QED) is 0.135. The van der Waals surface area contributed by atoms with Crippen LogP contribution < -0.4 is 0 Å². The maximum absolute atomic E-state index is 12.3. The first-order valence-corrected chi connectivity index (χ1v) is 20.8. The van der Waals surface area contributed by atoms with Crippen molar-refractivity contribution < 1.29 is 56.5 Å². The number of methoxy groups -OCH3 is 2. The largest absolute Gasteiger partial charge is 0.465 e. The Balaban J connectivity index is 0.000000306. The molecule has 57 heavy (non-hydrogen) atoms. The van der Waals surface area contributed by atoms with E-state index in [-0.39, 0.29) is 30.1 Å². The Hall–Kier alpha value is -4.52. The van der Waals surface area contributed by atoms with Crippen molar-refractivity contribution in [2.45, 2.75) is 98.4 Å². The average molecular weight is 817 g/mol. The lowest BCUT2D eigenvalue weighted by Crippen LogP contribution is -2.41. The van der Waals surface area contributed by atoms with Crippen molar-refractivity contribution in [3.05, 3.63) is 76.4 Å². The van der Waals surface area contributed by atoms with Crippen molar-refractivity contribution >= 4 is 43.6 Å². The van der Waals surface area contributed by atoms with Gasteiger partial charge in [0.25, 0.3) is 0 Å². The van der Waals surface area contributed by atoms with Crippen molar-refractivity contribution in [2.24, 2.45) is 0 Å². The van der Waals surface area contributed by atoms with Gasteiger partial charge in [-0.05, 0) is 104 Å². The number of ketones is 1. The highest BCUT2D eigenvalue weighted by atomic mass is 31.2. The minimum atomic E-state index is -3.10. The second-order valence-corrected chi connectivity index (χ2v) is 17.2. The SMILES string of the molecule is CC(C)(C)OC(=O)N1CCC(=O)CC1.CCOP(=O)(Cc1ccc(C(=O)OC)cc1)OCC.COC(=O)c1ccc(C=C2CCN(C(=O)OC(C)(C)C)CC2)cc1. The van der Waals surface area contributed by atoms with Crippen LogP contribution in [0.15, 0.2) is 54.1 Å². The highest BCUT2D eigenvalue weighted by Gasteiger charge is 2.27. The van der Waals surface area contributed by atoms with Gasteiger partial charge in [0.1, 0.15) is 17.0 Å². The molecule has 316 valence electrons. The van der Waals surface area contributed by atoms with Gasteiger partial charge < -0.3 is 37.8 Å². The number of amides is 2. The average Bonchev–Trinajstić information content (AvgIpc) is 3.14. The van der Waals surface area contributed by atoms with E-state index in [9.17, 15) is 28.5 Å². The molecule has 2 fully saturated rings. The Bertz CT molecular complexity index is 1680. The zero-order valence-electron chi connectivity index (χ0n) is 35.2. The lowest BCUT2D eigenvalue weighted by atomic mass is 10.0. The molecule has 0 N–H and O–H groups in total. The molecule has 0 saturated carbocycles. The van der Waals surface area contributed by atoms with Crippen molar-refractivity contribution in [2.75, 3.05) is 53.6 Å². The van der Waals surface area contributed by atoms with Crippen molar-refractivity contribution in [1.29, 1.82) is 0 Å². The minimum absolute atomic E-state index is 0.191. The molecule has 0 aromatic heterocycles. The van der Waals surface area contributed by atoms with E-state index in [1.54, 1.807) is 60.0 Å². The molecule has 2 aromatic rings. The molecule has 2 aromatic carbocycles. The fourth-order valence-corrected chi connectivity index (χ4v) is 7.09. The number of ether oxygens (including phenoxy) is 4. The fraction of sp³-hybridized carbons (Fsp3) is 0.548. The molecular weight excluding hydrogens is 755 g/mol. The Kier molecular flexibility index (Phi) is 19.6. The summed E-state index contributed by atoms with van der Waals surface area (Å²) in [7, 11) is -0.403. The first kappa shape index (κ1) is 48.6. The van der Waals surface area contributed by atoms with Crippen LogP contribution in [0, 0.1) is 0 Å². The molecule has 4 rings (SSSR count). The van der Waals surface area contributed by atoms with Gasteiger partial charge >= 0.3 is 31.7 Å². The number of carbonyl (C=O) groups is 5. The number of Topliss-reactive ketones (excluding diaryl/α,β-unsaturated/α-hetero) is 1. The highest BCUT2D eigenvalue weighted by molar-refractivity contribution is 7.53. The number of likely N-dealkylation sites (tertiary alicyclic amines) is 2. The summed E-state index contributed by atoms with van der Waals surface area (Å²) in [4.78, 5) is 60.6. The van der Waals surface area contributed by atoms with Gasteiger partial charge in [-0.15, -0.1) is 0 Å². The third kappa shape index (κ3) is 18.5. The topological polar surface area (TPSA) is 164 Å². The van der Waals surface area contributed by atoms with E-state index in [4.69, 9.17) is 23.3 Å². The van der Waals surface area contributed by atoms with Crippen LogP contribution >= 0.6 is 7.60 Å². The van der Waals surface area contributed by atoms with E-state index in [1.807, 2.05) is 53.7 Å². The first-order valence-electron chi connectivity index (χ1n) is 19.1. The molecular formula is C42H61N2O12P. The summed E-state index contributed by atoms with van der Waals surface area (Å²) in [5, 5.41) is 0.